The summed E-state index contributed by atoms with van der Waals surface area (Å²) in [4.78, 5) is 14.2. The van der Waals surface area contributed by atoms with Gasteiger partial charge in [-0.15, -0.1) is 0 Å². The molecule has 1 heterocycles. The summed E-state index contributed by atoms with van der Waals surface area (Å²) in [5, 5.41) is 10.0. The monoisotopic (exact) mass is 399 g/mol. The molecule has 3 rings (SSSR count). The molecule has 1 amide bonds. The standard InChI is InChI=1S/C23H29NO5/c1-23(2,3)29-22(26)24-11-10-17-12-21(28-15-16-8-6-5-7-9-16)20(27-4)13-18(17)19(24)14-25/h5-9,12-13,19,25H,10-11,14-15H2,1-4H3. The molecule has 6 heteroatoms. The highest BCUT2D eigenvalue weighted by Crippen LogP contribution is 2.38. The number of aliphatic hydroxyl groups is 1. The molecule has 0 saturated carbocycles. The molecule has 0 fully saturated rings. The Labute approximate surface area is 172 Å². The van der Waals surface area contributed by atoms with E-state index in [0.29, 0.717) is 31.1 Å². The number of carbonyl (C=O) groups is 1. The van der Waals surface area contributed by atoms with Crippen LogP contribution < -0.4 is 9.47 Å². The van der Waals surface area contributed by atoms with Crippen LogP contribution in [0.15, 0.2) is 42.5 Å². The largest absolute Gasteiger partial charge is 0.493 e. The molecule has 2 aromatic carbocycles. The minimum Gasteiger partial charge on any atom is -0.493 e. The highest BCUT2D eigenvalue weighted by molar-refractivity contribution is 5.70. The Morgan fingerprint density at radius 3 is 2.52 bits per heavy atom. The van der Waals surface area contributed by atoms with Gasteiger partial charge in [0.2, 0.25) is 0 Å². The van der Waals surface area contributed by atoms with Crippen LogP contribution in [0.5, 0.6) is 11.5 Å². The lowest BCUT2D eigenvalue weighted by Gasteiger charge is -2.37. The summed E-state index contributed by atoms with van der Waals surface area (Å²) in [7, 11) is 1.58. The van der Waals surface area contributed by atoms with Gasteiger partial charge in [0.1, 0.15) is 12.2 Å². The number of benzene rings is 2. The third kappa shape index (κ3) is 5.01. The molecule has 2 aromatic rings. The van der Waals surface area contributed by atoms with E-state index in [2.05, 4.69) is 0 Å². The molecule has 1 N–H and O–H groups in total. The van der Waals surface area contributed by atoms with Gasteiger partial charge in [0.25, 0.3) is 0 Å². The normalized spacial score (nSPS) is 16.2. The van der Waals surface area contributed by atoms with Crippen molar-refractivity contribution in [1.82, 2.24) is 4.90 Å². The Morgan fingerprint density at radius 2 is 1.90 bits per heavy atom. The first-order valence-corrected chi connectivity index (χ1v) is 9.80. The third-order valence-electron chi connectivity index (χ3n) is 4.82. The maximum Gasteiger partial charge on any atom is 0.410 e. The molecule has 29 heavy (non-hydrogen) atoms. The zero-order chi connectivity index (χ0) is 21.0. The van der Waals surface area contributed by atoms with Crippen molar-refractivity contribution in [3.8, 4) is 11.5 Å². The molecule has 0 aromatic heterocycles. The lowest BCUT2D eigenvalue weighted by Crippen LogP contribution is -2.44. The Bertz CT molecular complexity index is 844. The number of methoxy groups -OCH3 is 1. The molecular formula is C23H29NO5. The summed E-state index contributed by atoms with van der Waals surface area (Å²) in [6.45, 7) is 6.20. The molecule has 0 radical (unpaired) electrons. The van der Waals surface area contributed by atoms with E-state index in [1.54, 1.807) is 12.0 Å². The van der Waals surface area contributed by atoms with Crippen molar-refractivity contribution in [2.24, 2.45) is 0 Å². The van der Waals surface area contributed by atoms with E-state index in [9.17, 15) is 9.90 Å². The van der Waals surface area contributed by atoms with Gasteiger partial charge in [-0.1, -0.05) is 30.3 Å². The van der Waals surface area contributed by atoms with Gasteiger partial charge in [-0.05, 0) is 56.0 Å². The second-order valence-corrected chi connectivity index (χ2v) is 8.10. The molecule has 1 atom stereocenters. The summed E-state index contributed by atoms with van der Waals surface area (Å²) >= 11 is 0. The number of amides is 1. The first kappa shape index (κ1) is 21.0. The highest BCUT2D eigenvalue weighted by Gasteiger charge is 2.34. The molecule has 0 spiro atoms. The molecule has 1 unspecified atom stereocenters. The van der Waals surface area contributed by atoms with Gasteiger partial charge in [-0.2, -0.15) is 0 Å². The minimum absolute atomic E-state index is 0.195. The van der Waals surface area contributed by atoms with Crippen molar-refractivity contribution in [1.29, 1.82) is 0 Å². The second-order valence-electron chi connectivity index (χ2n) is 8.10. The lowest BCUT2D eigenvalue weighted by molar-refractivity contribution is 0.00689. The van der Waals surface area contributed by atoms with E-state index in [0.717, 1.165) is 16.7 Å². The molecule has 1 aliphatic heterocycles. The Kier molecular flexibility index (Phi) is 6.33. The molecule has 0 saturated heterocycles. The predicted octanol–water partition coefficient (Wildman–Crippen LogP) is 4.10. The zero-order valence-corrected chi connectivity index (χ0v) is 17.5. The summed E-state index contributed by atoms with van der Waals surface area (Å²) in [5.74, 6) is 1.22. The maximum absolute atomic E-state index is 12.6. The van der Waals surface area contributed by atoms with E-state index >= 15 is 0 Å². The quantitative estimate of drug-likeness (QED) is 0.820. The lowest BCUT2D eigenvalue weighted by atomic mass is 9.92. The first-order valence-electron chi connectivity index (χ1n) is 9.80. The van der Waals surface area contributed by atoms with E-state index in [1.165, 1.54) is 0 Å². The third-order valence-corrected chi connectivity index (χ3v) is 4.82. The number of nitrogens with zero attached hydrogens (tertiary/aromatic N) is 1. The number of aliphatic hydroxyl groups excluding tert-OH is 1. The maximum atomic E-state index is 12.6. The summed E-state index contributed by atoms with van der Waals surface area (Å²) in [6, 6.07) is 13.2. The van der Waals surface area contributed by atoms with Crippen molar-refractivity contribution in [3.05, 3.63) is 59.2 Å². The van der Waals surface area contributed by atoms with Crippen LogP contribution in [-0.4, -0.2) is 42.0 Å². The summed E-state index contributed by atoms with van der Waals surface area (Å²) < 4.78 is 17.0. The van der Waals surface area contributed by atoms with Crippen LogP contribution in [-0.2, 0) is 17.8 Å². The fraction of sp³-hybridized carbons (Fsp3) is 0.435. The topological polar surface area (TPSA) is 68.2 Å². The number of ether oxygens (including phenoxy) is 3. The van der Waals surface area contributed by atoms with Gasteiger partial charge in [0.15, 0.2) is 11.5 Å². The highest BCUT2D eigenvalue weighted by atomic mass is 16.6. The number of hydrogen-bond donors (Lipinski definition) is 1. The average Bonchev–Trinajstić information content (AvgIpc) is 2.70. The van der Waals surface area contributed by atoms with E-state index in [4.69, 9.17) is 14.2 Å². The van der Waals surface area contributed by atoms with Gasteiger partial charge in [-0.3, -0.25) is 4.90 Å². The van der Waals surface area contributed by atoms with Crippen LogP contribution in [0.4, 0.5) is 4.79 Å². The number of fused-ring (bicyclic) bond motifs is 1. The molecule has 6 nitrogen and oxygen atoms in total. The Morgan fingerprint density at radius 1 is 1.17 bits per heavy atom. The fourth-order valence-electron chi connectivity index (χ4n) is 3.45. The average molecular weight is 399 g/mol. The minimum atomic E-state index is -0.593. The Hall–Kier alpha value is -2.73. The van der Waals surface area contributed by atoms with Gasteiger partial charge in [0.05, 0.1) is 19.8 Å². The van der Waals surface area contributed by atoms with Crippen LogP contribution in [0.25, 0.3) is 0 Å². The van der Waals surface area contributed by atoms with E-state index in [-0.39, 0.29) is 6.61 Å². The fourth-order valence-corrected chi connectivity index (χ4v) is 3.45. The van der Waals surface area contributed by atoms with Crippen molar-refractivity contribution in [2.45, 2.75) is 45.4 Å². The molecule has 1 aliphatic rings. The van der Waals surface area contributed by atoms with Gasteiger partial charge in [-0.25, -0.2) is 4.79 Å². The molecular weight excluding hydrogens is 370 g/mol. The number of carbonyl (C=O) groups excluding carboxylic acids is 1. The molecule has 0 bridgehead atoms. The van der Waals surface area contributed by atoms with E-state index in [1.807, 2.05) is 63.2 Å². The van der Waals surface area contributed by atoms with Crippen molar-refractivity contribution >= 4 is 6.09 Å². The number of hydrogen-bond acceptors (Lipinski definition) is 5. The van der Waals surface area contributed by atoms with Gasteiger partial charge in [0, 0.05) is 6.54 Å². The smallest absolute Gasteiger partial charge is 0.410 e. The molecule has 156 valence electrons. The predicted molar refractivity (Wildman–Crippen MR) is 110 cm³/mol. The number of rotatable bonds is 5. The Balaban J connectivity index is 1.84. The SMILES string of the molecule is COc1cc2c(cc1OCc1ccccc1)CCN(C(=O)OC(C)(C)C)C2CO. The van der Waals surface area contributed by atoms with Crippen LogP contribution >= 0.6 is 0 Å². The van der Waals surface area contributed by atoms with Gasteiger partial charge >= 0.3 is 6.09 Å². The molecule has 0 aliphatic carbocycles. The van der Waals surface area contributed by atoms with Crippen molar-refractivity contribution in [3.63, 3.8) is 0 Å². The second kappa shape index (κ2) is 8.74. The summed E-state index contributed by atoms with van der Waals surface area (Å²) in [6.07, 6.45) is 0.224. The van der Waals surface area contributed by atoms with Crippen molar-refractivity contribution in [2.75, 3.05) is 20.3 Å². The van der Waals surface area contributed by atoms with Crippen molar-refractivity contribution < 1.29 is 24.1 Å². The first-order chi connectivity index (χ1) is 13.8. The van der Waals surface area contributed by atoms with Gasteiger partial charge < -0.3 is 19.3 Å². The van der Waals surface area contributed by atoms with Crippen LogP contribution in [0.3, 0.4) is 0 Å². The zero-order valence-electron chi connectivity index (χ0n) is 17.5. The van der Waals surface area contributed by atoms with E-state index < -0.39 is 17.7 Å². The van der Waals surface area contributed by atoms with Crippen LogP contribution in [0.1, 0.15) is 43.5 Å². The summed E-state index contributed by atoms with van der Waals surface area (Å²) in [5.41, 5.74) is 2.36. The van der Waals surface area contributed by atoms with Crippen LogP contribution in [0.2, 0.25) is 0 Å². The van der Waals surface area contributed by atoms with Crippen LogP contribution in [0, 0.1) is 0 Å².